The molecule has 0 fully saturated rings. The van der Waals surface area contributed by atoms with Crippen LogP contribution in [0.4, 0.5) is 0 Å². The van der Waals surface area contributed by atoms with Crippen LogP contribution in [0.5, 0.6) is 5.75 Å². The van der Waals surface area contributed by atoms with Crippen LogP contribution in [0.25, 0.3) is 6.08 Å². The first-order valence-electron chi connectivity index (χ1n) is 6.78. The van der Waals surface area contributed by atoms with E-state index in [0.29, 0.717) is 13.0 Å². The molecular formula is C16H23NO3. The maximum absolute atomic E-state index is 11.7. The maximum atomic E-state index is 11.7. The fourth-order valence-electron chi connectivity index (χ4n) is 1.81. The van der Waals surface area contributed by atoms with E-state index in [0.717, 1.165) is 16.9 Å². The summed E-state index contributed by atoms with van der Waals surface area (Å²) in [5.74, 6) is 0.873. The largest absolute Gasteiger partial charge is 0.496 e. The number of nitrogens with one attached hydrogen (secondary N) is 1. The number of aliphatic hydroxyl groups excluding tert-OH is 1. The van der Waals surface area contributed by atoms with Gasteiger partial charge < -0.3 is 15.2 Å². The fourth-order valence-corrected chi connectivity index (χ4v) is 1.81. The number of methoxy groups -OCH3 is 1. The van der Waals surface area contributed by atoms with Crippen molar-refractivity contribution in [3.63, 3.8) is 0 Å². The minimum Gasteiger partial charge on any atom is -0.496 e. The third-order valence-corrected chi connectivity index (χ3v) is 3.05. The van der Waals surface area contributed by atoms with E-state index in [2.05, 4.69) is 5.32 Å². The number of aryl methyl sites for hydroxylation is 1. The zero-order valence-electron chi connectivity index (χ0n) is 12.3. The molecule has 0 spiro atoms. The molecule has 1 aromatic carbocycles. The van der Waals surface area contributed by atoms with Crippen LogP contribution < -0.4 is 10.1 Å². The lowest BCUT2D eigenvalue weighted by molar-refractivity contribution is -0.116. The van der Waals surface area contributed by atoms with Gasteiger partial charge in [0.15, 0.2) is 0 Å². The number of hydrogen-bond acceptors (Lipinski definition) is 3. The van der Waals surface area contributed by atoms with Crippen LogP contribution in [-0.4, -0.2) is 31.3 Å². The van der Waals surface area contributed by atoms with Crippen molar-refractivity contribution in [3.8, 4) is 5.75 Å². The van der Waals surface area contributed by atoms with E-state index in [9.17, 15) is 4.79 Å². The third kappa shape index (κ3) is 5.45. The summed E-state index contributed by atoms with van der Waals surface area (Å²) in [5, 5.41) is 11.6. The highest BCUT2D eigenvalue weighted by Gasteiger charge is 2.04. The van der Waals surface area contributed by atoms with Gasteiger partial charge in [0, 0.05) is 24.8 Å². The molecule has 1 atom stereocenters. The van der Waals surface area contributed by atoms with Gasteiger partial charge in [0.25, 0.3) is 0 Å². The molecule has 0 aliphatic rings. The lowest BCUT2D eigenvalue weighted by Gasteiger charge is -2.09. The Morgan fingerprint density at radius 2 is 2.25 bits per heavy atom. The predicted molar refractivity (Wildman–Crippen MR) is 80.6 cm³/mol. The maximum Gasteiger partial charge on any atom is 0.244 e. The molecule has 1 aromatic rings. The molecule has 4 nitrogen and oxygen atoms in total. The second-order valence-electron chi connectivity index (χ2n) is 4.94. The number of aliphatic hydroxyl groups is 1. The number of ether oxygens (including phenoxy) is 1. The second-order valence-corrected chi connectivity index (χ2v) is 4.94. The van der Waals surface area contributed by atoms with E-state index in [4.69, 9.17) is 9.84 Å². The Bertz CT molecular complexity index is 469. The highest BCUT2D eigenvalue weighted by Crippen LogP contribution is 2.20. The molecule has 0 radical (unpaired) electrons. The summed E-state index contributed by atoms with van der Waals surface area (Å²) in [6.45, 7) is 4.69. The van der Waals surface area contributed by atoms with E-state index >= 15 is 0 Å². The van der Waals surface area contributed by atoms with Gasteiger partial charge in [0.05, 0.1) is 7.11 Å². The lowest BCUT2D eigenvalue weighted by Crippen LogP contribution is -2.26. The van der Waals surface area contributed by atoms with Gasteiger partial charge in [-0.25, -0.2) is 0 Å². The number of carbonyl (C=O) groups is 1. The van der Waals surface area contributed by atoms with Gasteiger partial charge in [-0.3, -0.25) is 4.79 Å². The summed E-state index contributed by atoms with van der Waals surface area (Å²) in [6.07, 6.45) is 3.94. The van der Waals surface area contributed by atoms with Gasteiger partial charge in [-0.15, -0.1) is 0 Å². The van der Waals surface area contributed by atoms with E-state index in [1.54, 1.807) is 13.2 Å². The van der Waals surface area contributed by atoms with E-state index < -0.39 is 0 Å². The van der Waals surface area contributed by atoms with Crippen molar-refractivity contribution in [2.75, 3.05) is 20.3 Å². The molecule has 20 heavy (non-hydrogen) atoms. The predicted octanol–water partition coefficient (Wildman–Crippen LogP) is 2.15. The number of hydrogen-bond donors (Lipinski definition) is 2. The van der Waals surface area contributed by atoms with Crippen LogP contribution in [-0.2, 0) is 4.79 Å². The van der Waals surface area contributed by atoms with Crippen LogP contribution in [0, 0.1) is 12.8 Å². The lowest BCUT2D eigenvalue weighted by atomic mass is 10.1. The molecular weight excluding hydrogens is 254 g/mol. The van der Waals surface area contributed by atoms with Crippen molar-refractivity contribution in [3.05, 3.63) is 35.4 Å². The molecule has 2 N–H and O–H groups in total. The second kappa shape index (κ2) is 8.38. The number of rotatable bonds is 7. The molecule has 4 heteroatoms. The molecule has 110 valence electrons. The van der Waals surface area contributed by atoms with Crippen molar-refractivity contribution in [1.29, 1.82) is 0 Å². The Kier molecular flexibility index (Phi) is 6.81. The van der Waals surface area contributed by atoms with Crippen LogP contribution in [0.3, 0.4) is 0 Å². The van der Waals surface area contributed by atoms with Crippen molar-refractivity contribution in [2.24, 2.45) is 5.92 Å². The summed E-state index contributed by atoms with van der Waals surface area (Å²) in [4.78, 5) is 11.7. The SMILES string of the molecule is COc1ccc(C)cc1/C=C/C(=O)NCC(C)CCO. The first-order chi connectivity index (χ1) is 9.56. The summed E-state index contributed by atoms with van der Waals surface area (Å²) in [7, 11) is 1.61. The first kappa shape index (κ1) is 16.2. The fraction of sp³-hybridized carbons (Fsp3) is 0.438. The normalized spacial score (nSPS) is 12.4. The summed E-state index contributed by atoms with van der Waals surface area (Å²) >= 11 is 0. The van der Waals surface area contributed by atoms with Gasteiger partial charge in [-0.1, -0.05) is 18.6 Å². The molecule has 0 aliphatic carbocycles. The van der Waals surface area contributed by atoms with Crippen LogP contribution in [0.1, 0.15) is 24.5 Å². The topological polar surface area (TPSA) is 58.6 Å². The van der Waals surface area contributed by atoms with E-state index in [1.807, 2.05) is 32.0 Å². The smallest absolute Gasteiger partial charge is 0.244 e. The summed E-state index contributed by atoms with van der Waals surface area (Å²) < 4.78 is 5.25. The minimum absolute atomic E-state index is 0.140. The quantitative estimate of drug-likeness (QED) is 0.751. The van der Waals surface area contributed by atoms with Crippen LogP contribution in [0.15, 0.2) is 24.3 Å². The van der Waals surface area contributed by atoms with E-state index in [-0.39, 0.29) is 18.4 Å². The van der Waals surface area contributed by atoms with Crippen molar-refractivity contribution in [1.82, 2.24) is 5.32 Å². The van der Waals surface area contributed by atoms with Gasteiger partial charge in [-0.2, -0.15) is 0 Å². The van der Waals surface area contributed by atoms with Gasteiger partial charge in [0.2, 0.25) is 5.91 Å². The zero-order chi connectivity index (χ0) is 15.0. The number of carbonyl (C=O) groups excluding carboxylic acids is 1. The minimum atomic E-state index is -0.140. The van der Waals surface area contributed by atoms with Crippen LogP contribution >= 0.6 is 0 Å². The van der Waals surface area contributed by atoms with Crippen LogP contribution in [0.2, 0.25) is 0 Å². The average Bonchev–Trinajstić information content (AvgIpc) is 2.43. The summed E-state index contributed by atoms with van der Waals surface area (Å²) in [5.41, 5.74) is 1.99. The molecule has 0 heterocycles. The monoisotopic (exact) mass is 277 g/mol. The Morgan fingerprint density at radius 3 is 2.90 bits per heavy atom. The molecule has 0 bridgehead atoms. The molecule has 0 saturated heterocycles. The van der Waals surface area contributed by atoms with E-state index in [1.165, 1.54) is 6.08 Å². The average molecular weight is 277 g/mol. The van der Waals surface area contributed by atoms with Crippen molar-refractivity contribution in [2.45, 2.75) is 20.3 Å². The van der Waals surface area contributed by atoms with Crippen molar-refractivity contribution < 1.29 is 14.6 Å². The Hall–Kier alpha value is -1.81. The molecule has 1 unspecified atom stereocenters. The molecule has 0 aliphatic heterocycles. The van der Waals surface area contributed by atoms with Gasteiger partial charge in [0.1, 0.15) is 5.75 Å². The number of amides is 1. The molecule has 0 aromatic heterocycles. The Morgan fingerprint density at radius 1 is 1.50 bits per heavy atom. The first-order valence-corrected chi connectivity index (χ1v) is 6.78. The van der Waals surface area contributed by atoms with Gasteiger partial charge in [-0.05, 0) is 37.5 Å². The Balaban J connectivity index is 2.59. The summed E-state index contributed by atoms with van der Waals surface area (Å²) in [6, 6.07) is 5.82. The third-order valence-electron chi connectivity index (χ3n) is 3.05. The zero-order valence-corrected chi connectivity index (χ0v) is 12.3. The highest BCUT2D eigenvalue weighted by atomic mass is 16.5. The van der Waals surface area contributed by atoms with Gasteiger partial charge >= 0.3 is 0 Å². The molecule has 0 saturated carbocycles. The Labute approximate surface area is 120 Å². The van der Waals surface area contributed by atoms with Crippen molar-refractivity contribution >= 4 is 12.0 Å². The number of benzene rings is 1. The molecule has 1 amide bonds. The molecule has 1 rings (SSSR count). The highest BCUT2D eigenvalue weighted by molar-refractivity contribution is 5.92. The standard InChI is InChI=1S/C16H23NO3/c1-12-4-6-15(20-3)14(10-12)5-7-16(19)17-11-13(2)8-9-18/h4-7,10,13,18H,8-9,11H2,1-3H3,(H,17,19)/b7-5+.